The minimum atomic E-state index is -0.533. The highest BCUT2D eigenvalue weighted by Crippen LogP contribution is 2.48. The maximum Gasteiger partial charge on any atom is 0.136 e. The SMILES string of the molecule is [2H]c1c([2H])c(-c2ccccc2-c2c3ccccc3c(-c3ccc4ccccc4c3)c3ccccc23)c2c(oc3c([2H])c4c([2H])c([2H])c([2H])c([2H])c4c([2H])c32)c1[2H]. The van der Waals surface area contributed by atoms with Crippen molar-refractivity contribution in [2.45, 2.75) is 0 Å². The molecule has 0 spiro atoms. The molecule has 0 saturated heterocycles. The Morgan fingerprint density at radius 2 is 1.02 bits per heavy atom. The van der Waals surface area contributed by atoms with Gasteiger partial charge in [0.05, 0.1) is 12.3 Å². The van der Waals surface area contributed by atoms with Crippen molar-refractivity contribution in [2.75, 3.05) is 0 Å². The average Bonchev–Trinajstić information content (AvgIpc) is 3.63. The van der Waals surface area contributed by atoms with Gasteiger partial charge in [0, 0.05) is 10.8 Å². The lowest BCUT2D eigenvalue weighted by atomic mass is 9.83. The van der Waals surface area contributed by atoms with E-state index >= 15 is 0 Å². The zero-order valence-corrected chi connectivity index (χ0v) is 24.9. The predicted molar refractivity (Wildman–Crippen MR) is 200 cm³/mol. The summed E-state index contributed by atoms with van der Waals surface area (Å²) in [4.78, 5) is 0. The van der Waals surface area contributed by atoms with E-state index in [1.54, 1.807) is 0 Å². The largest absolute Gasteiger partial charge is 0.456 e. The van der Waals surface area contributed by atoms with E-state index in [1.165, 1.54) is 0 Å². The normalized spacial score (nSPS) is 14.5. The molecule has 1 nitrogen and oxygen atoms in total. The lowest BCUT2D eigenvalue weighted by molar-refractivity contribution is 0.669. The van der Waals surface area contributed by atoms with Crippen molar-refractivity contribution in [1.82, 2.24) is 0 Å². The summed E-state index contributed by atoms with van der Waals surface area (Å²) in [7, 11) is 0. The molecule has 1 heterocycles. The van der Waals surface area contributed by atoms with Crippen molar-refractivity contribution in [2.24, 2.45) is 0 Å². The molecule has 0 bridgehead atoms. The van der Waals surface area contributed by atoms with E-state index in [9.17, 15) is 2.74 Å². The molecular weight excluding hydrogens is 569 g/mol. The Hall–Kier alpha value is -6.18. The topological polar surface area (TPSA) is 13.1 Å². The molecule has 1 heteroatoms. The van der Waals surface area contributed by atoms with Crippen LogP contribution in [0.4, 0.5) is 0 Å². The highest BCUT2D eigenvalue weighted by molar-refractivity contribution is 6.24. The molecule has 1 aromatic heterocycles. The summed E-state index contributed by atoms with van der Waals surface area (Å²) < 4.78 is 85.9. The summed E-state index contributed by atoms with van der Waals surface area (Å²) in [6, 6.07) is 35.1. The van der Waals surface area contributed by atoms with E-state index in [1.807, 2.05) is 60.7 Å². The van der Waals surface area contributed by atoms with Crippen molar-refractivity contribution >= 4 is 65.0 Å². The molecule has 0 fully saturated rings. The van der Waals surface area contributed by atoms with Gasteiger partial charge in [0.15, 0.2) is 0 Å². The molecule has 10 rings (SSSR count). The van der Waals surface area contributed by atoms with Crippen LogP contribution in [-0.4, -0.2) is 0 Å². The second-order valence-corrected chi connectivity index (χ2v) is 11.7. The second kappa shape index (κ2) is 10.2. The lowest BCUT2D eigenvalue weighted by Crippen LogP contribution is -1.93. The van der Waals surface area contributed by atoms with Crippen LogP contribution in [0.15, 0.2) is 174 Å². The summed E-state index contributed by atoms with van der Waals surface area (Å²) in [5.74, 6) is 0. The van der Waals surface area contributed by atoms with Crippen LogP contribution >= 0.6 is 0 Å². The third-order valence-electron chi connectivity index (χ3n) is 9.13. The maximum atomic E-state index is 9.41. The lowest BCUT2D eigenvalue weighted by Gasteiger charge is -2.20. The quantitative estimate of drug-likeness (QED) is 0.183. The van der Waals surface area contributed by atoms with Crippen molar-refractivity contribution in [1.29, 1.82) is 0 Å². The third-order valence-corrected chi connectivity index (χ3v) is 9.13. The number of fused-ring (bicyclic) bond motifs is 7. The van der Waals surface area contributed by atoms with Gasteiger partial charge in [-0.2, -0.15) is 0 Å². The van der Waals surface area contributed by atoms with Gasteiger partial charge in [-0.3, -0.25) is 0 Å². The highest BCUT2D eigenvalue weighted by atomic mass is 16.3. The van der Waals surface area contributed by atoms with E-state index in [-0.39, 0.29) is 62.4 Å². The van der Waals surface area contributed by atoms with Gasteiger partial charge >= 0.3 is 0 Å². The Kier molecular flexibility index (Phi) is 4.05. The number of hydrogen-bond acceptors (Lipinski definition) is 1. The third kappa shape index (κ3) is 3.97. The van der Waals surface area contributed by atoms with E-state index in [4.69, 9.17) is 14.0 Å². The molecule has 0 aliphatic rings. The first kappa shape index (κ1) is 18.7. The van der Waals surface area contributed by atoms with Crippen molar-refractivity contribution in [3.8, 4) is 33.4 Å². The first-order valence-electron chi connectivity index (χ1n) is 20.0. The molecule has 0 aliphatic heterocycles. The zero-order valence-electron chi connectivity index (χ0n) is 33.9. The van der Waals surface area contributed by atoms with Crippen LogP contribution < -0.4 is 0 Å². The van der Waals surface area contributed by atoms with Crippen LogP contribution in [0.5, 0.6) is 0 Å². The van der Waals surface area contributed by atoms with Gasteiger partial charge in [-0.05, 0) is 101 Å². The smallest absolute Gasteiger partial charge is 0.136 e. The Labute approximate surface area is 284 Å². The van der Waals surface area contributed by atoms with Crippen LogP contribution in [0.3, 0.4) is 0 Å². The van der Waals surface area contributed by atoms with Crippen LogP contribution in [-0.2, 0) is 0 Å². The molecule has 47 heavy (non-hydrogen) atoms. The standard InChI is InChI=1S/C46H28O/c1-2-13-30-26-33(25-24-29(30)12-1)44-37-18-7-9-20-39(37)45(40-21-10-8-19-38(40)44)35-17-6-5-16-34(35)36-22-11-23-42-46(36)41-27-31-14-3-4-15-32(31)28-43(41)47-42/h1-28H/i3D,4D,11D,14D,15D,22D,23D,27D,28D. The van der Waals surface area contributed by atoms with Gasteiger partial charge in [-0.15, -0.1) is 0 Å². The fourth-order valence-electron chi connectivity index (χ4n) is 7.11. The van der Waals surface area contributed by atoms with Crippen LogP contribution in [0.25, 0.3) is 98.4 Å². The summed E-state index contributed by atoms with van der Waals surface area (Å²) in [5.41, 5.74) is 4.33. The van der Waals surface area contributed by atoms with Gasteiger partial charge in [0.2, 0.25) is 0 Å². The van der Waals surface area contributed by atoms with Crippen molar-refractivity contribution in [3.05, 3.63) is 170 Å². The first-order chi connectivity index (χ1) is 27.1. The Morgan fingerprint density at radius 1 is 0.404 bits per heavy atom. The van der Waals surface area contributed by atoms with Gasteiger partial charge in [0.25, 0.3) is 0 Å². The summed E-state index contributed by atoms with van der Waals surface area (Å²) in [6.45, 7) is 0. The predicted octanol–water partition coefficient (Wildman–Crippen LogP) is 13.2. The molecule has 0 aliphatic carbocycles. The van der Waals surface area contributed by atoms with Crippen LogP contribution in [0.1, 0.15) is 12.3 Å². The summed E-state index contributed by atoms with van der Waals surface area (Å²) >= 11 is 0. The average molecular weight is 606 g/mol. The number of rotatable bonds is 3. The van der Waals surface area contributed by atoms with Gasteiger partial charge in [0.1, 0.15) is 11.2 Å². The molecule has 10 aromatic rings. The summed E-state index contributed by atoms with van der Waals surface area (Å²) in [6.07, 6.45) is 0. The molecule has 0 N–H and O–H groups in total. The maximum absolute atomic E-state index is 9.41. The van der Waals surface area contributed by atoms with E-state index in [2.05, 4.69) is 54.6 Å². The van der Waals surface area contributed by atoms with Crippen LogP contribution in [0, 0.1) is 0 Å². The van der Waals surface area contributed by atoms with Crippen LogP contribution in [0.2, 0.25) is 0 Å². The van der Waals surface area contributed by atoms with E-state index in [0.29, 0.717) is 5.56 Å². The number of benzene rings is 9. The molecule has 218 valence electrons. The van der Waals surface area contributed by atoms with Gasteiger partial charge < -0.3 is 4.42 Å². The zero-order chi connectivity index (χ0) is 38.7. The minimum absolute atomic E-state index is 0.0516. The number of furan rings is 1. The molecule has 9 aromatic carbocycles. The number of hydrogen-bond donors (Lipinski definition) is 0. The van der Waals surface area contributed by atoms with Crippen molar-refractivity contribution < 1.29 is 16.8 Å². The fraction of sp³-hybridized carbons (Fsp3) is 0. The van der Waals surface area contributed by atoms with Crippen molar-refractivity contribution in [3.63, 3.8) is 0 Å². The summed E-state index contributed by atoms with van der Waals surface area (Å²) in [5, 5.41) is 6.15. The highest BCUT2D eigenvalue weighted by Gasteiger charge is 2.21. The molecule has 0 atom stereocenters. The monoisotopic (exact) mass is 605 g/mol. The first-order valence-corrected chi connectivity index (χ1v) is 15.5. The molecule has 0 unspecified atom stereocenters. The Balaban J connectivity index is 1.35. The minimum Gasteiger partial charge on any atom is -0.456 e. The molecular formula is C46H28O. The fourth-order valence-corrected chi connectivity index (χ4v) is 7.11. The second-order valence-electron chi connectivity index (χ2n) is 11.7. The molecule has 0 radical (unpaired) electrons. The van der Waals surface area contributed by atoms with Gasteiger partial charge in [-0.1, -0.05) is 145 Å². The van der Waals surface area contributed by atoms with Gasteiger partial charge in [-0.25, -0.2) is 0 Å². The Bertz CT molecular complexity index is 3310. The molecule has 0 saturated carbocycles. The van der Waals surface area contributed by atoms with E-state index < -0.39 is 30.2 Å². The van der Waals surface area contributed by atoms with E-state index in [0.717, 1.165) is 54.6 Å². The Morgan fingerprint density at radius 3 is 1.77 bits per heavy atom. The molecule has 0 amide bonds.